The normalized spacial score (nSPS) is 10.6. The Kier molecular flexibility index (Phi) is 4.00. The van der Waals surface area contributed by atoms with Gasteiger partial charge in [-0.3, -0.25) is 0 Å². The zero-order valence-electron chi connectivity index (χ0n) is 10.1. The molecule has 0 saturated heterocycles. The van der Waals surface area contributed by atoms with E-state index in [0.717, 1.165) is 11.6 Å². The first kappa shape index (κ1) is 13.7. The largest absolute Gasteiger partial charge is 0.380 e. The number of rotatable bonds is 3. The Morgan fingerprint density at radius 2 is 1.68 bits per heavy atom. The Hall–Kier alpha value is -1.68. The van der Waals surface area contributed by atoms with E-state index in [9.17, 15) is 13.2 Å². The molecule has 100 valence electrons. The standard InChI is InChI=1S/C14H11ClF3N/c1-8-2-3-10(15)14(4-8)19-7-9-5-12(17)13(18)6-11(9)16/h2-6,19H,7H2,1H3. The van der Waals surface area contributed by atoms with E-state index in [1.54, 1.807) is 12.1 Å². The summed E-state index contributed by atoms with van der Waals surface area (Å²) in [6, 6.07) is 6.71. The molecule has 0 heterocycles. The minimum atomic E-state index is -1.20. The molecule has 0 amide bonds. The van der Waals surface area contributed by atoms with Crippen LogP contribution in [-0.2, 0) is 6.54 Å². The highest BCUT2D eigenvalue weighted by molar-refractivity contribution is 6.33. The molecule has 0 aliphatic rings. The first-order chi connectivity index (χ1) is 8.97. The van der Waals surface area contributed by atoms with Crippen molar-refractivity contribution in [2.75, 3.05) is 5.32 Å². The van der Waals surface area contributed by atoms with Crippen LogP contribution in [0.15, 0.2) is 30.3 Å². The summed E-state index contributed by atoms with van der Waals surface area (Å²) < 4.78 is 39.2. The summed E-state index contributed by atoms with van der Waals surface area (Å²) in [6.45, 7) is 1.91. The number of hydrogen-bond donors (Lipinski definition) is 1. The van der Waals surface area contributed by atoms with E-state index in [2.05, 4.69) is 5.32 Å². The van der Waals surface area contributed by atoms with Crippen LogP contribution in [0.5, 0.6) is 0 Å². The van der Waals surface area contributed by atoms with Gasteiger partial charge < -0.3 is 5.32 Å². The highest BCUT2D eigenvalue weighted by Gasteiger charge is 2.10. The Balaban J connectivity index is 2.19. The van der Waals surface area contributed by atoms with Crippen molar-refractivity contribution in [3.05, 3.63) is 63.9 Å². The summed E-state index contributed by atoms with van der Waals surface area (Å²) in [5.74, 6) is -3.07. The van der Waals surface area contributed by atoms with Crippen LogP contribution >= 0.6 is 11.6 Å². The number of aryl methyl sites for hydroxylation is 1. The molecule has 5 heteroatoms. The molecule has 0 bridgehead atoms. The van der Waals surface area contributed by atoms with Crippen LogP contribution < -0.4 is 5.32 Å². The second kappa shape index (κ2) is 5.53. The highest BCUT2D eigenvalue weighted by Crippen LogP contribution is 2.24. The molecule has 0 aliphatic heterocycles. The Bertz CT molecular complexity index is 614. The van der Waals surface area contributed by atoms with Gasteiger partial charge in [0.1, 0.15) is 5.82 Å². The molecule has 1 N–H and O–H groups in total. The predicted octanol–water partition coefficient (Wildman–Crippen LogP) is 4.68. The fourth-order valence-corrected chi connectivity index (χ4v) is 1.85. The van der Waals surface area contributed by atoms with Crippen molar-refractivity contribution in [3.8, 4) is 0 Å². The maximum atomic E-state index is 13.4. The van der Waals surface area contributed by atoms with Crippen LogP contribution in [0.25, 0.3) is 0 Å². The Morgan fingerprint density at radius 1 is 1.00 bits per heavy atom. The van der Waals surface area contributed by atoms with Gasteiger partial charge in [-0.1, -0.05) is 17.7 Å². The zero-order chi connectivity index (χ0) is 14.0. The van der Waals surface area contributed by atoms with E-state index in [1.165, 1.54) is 0 Å². The lowest BCUT2D eigenvalue weighted by molar-refractivity contribution is 0.490. The summed E-state index contributed by atoms with van der Waals surface area (Å²) in [6.07, 6.45) is 0. The van der Waals surface area contributed by atoms with Gasteiger partial charge in [-0.25, -0.2) is 13.2 Å². The lowest BCUT2D eigenvalue weighted by Gasteiger charge is -2.10. The van der Waals surface area contributed by atoms with Gasteiger partial charge in [-0.05, 0) is 30.7 Å². The third kappa shape index (κ3) is 3.20. The molecule has 19 heavy (non-hydrogen) atoms. The summed E-state index contributed by atoms with van der Waals surface area (Å²) in [5, 5.41) is 3.38. The van der Waals surface area contributed by atoms with Crippen LogP contribution in [-0.4, -0.2) is 0 Å². The van der Waals surface area contributed by atoms with E-state index >= 15 is 0 Å². The second-order valence-electron chi connectivity index (χ2n) is 4.19. The smallest absolute Gasteiger partial charge is 0.161 e. The molecule has 0 unspecified atom stereocenters. The van der Waals surface area contributed by atoms with Crippen LogP contribution in [0.1, 0.15) is 11.1 Å². The maximum absolute atomic E-state index is 13.4. The topological polar surface area (TPSA) is 12.0 Å². The molecule has 0 atom stereocenters. The molecule has 2 aromatic rings. The summed E-state index contributed by atoms with van der Waals surface area (Å²) in [5.41, 5.74) is 1.64. The number of halogens is 4. The SMILES string of the molecule is Cc1ccc(Cl)c(NCc2cc(F)c(F)cc2F)c1. The minimum absolute atomic E-state index is 0.0200. The molecule has 0 spiro atoms. The Morgan fingerprint density at radius 3 is 2.42 bits per heavy atom. The van der Waals surface area contributed by atoms with Gasteiger partial charge in [0.05, 0.1) is 10.7 Å². The molecular formula is C14H11ClF3N. The number of benzene rings is 2. The van der Waals surface area contributed by atoms with Crippen molar-refractivity contribution in [1.29, 1.82) is 0 Å². The van der Waals surface area contributed by atoms with Crippen molar-refractivity contribution < 1.29 is 13.2 Å². The van der Waals surface area contributed by atoms with Crippen LogP contribution in [0, 0.1) is 24.4 Å². The fourth-order valence-electron chi connectivity index (χ4n) is 1.66. The molecule has 0 radical (unpaired) electrons. The zero-order valence-corrected chi connectivity index (χ0v) is 10.9. The molecule has 2 rings (SSSR count). The second-order valence-corrected chi connectivity index (χ2v) is 4.60. The Labute approximate surface area is 114 Å². The summed E-state index contributed by atoms with van der Waals surface area (Å²) in [7, 11) is 0. The van der Waals surface area contributed by atoms with Crippen molar-refractivity contribution in [1.82, 2.24) is 0 Å². The third-order valence-electron chi connectivity index (χ3n) is 2.68. The highest BCUT2D eigenvalue weighted by atomic mass is 35.5. The molecule has 0 fully saturated rings. The van der Waals surface area contributed by atoms with E-state index in [4.69, 9.17) is 11.6 Å². The van der Waals surface area contributed by atoms with Gasteiger partial charge in [-0.2, -0.15) is 0 Å². The average Bonchev–Trinajstić information content (AvgIpc) is 2.36. The van der Waals surface area contributed by atoms with Crippen LogP contribution in [0.3, 0.4) is 0 Å². The van der Waals surface area contributed by atoms with Crippen molar-refractivity contribution >= 4 is 17.3 Å². The summed E-state index contributed by atoms with van der Waals surface area (Å²) in [4.78, 5) is 0. The van der Waals surface area contributed by atoms with Gasteiger partial charge in [-0.15, -0.1) is 0 Å². The monoisotopic (exact) mass is 285 g/mol. The molecule has 0 aliphatic carbocycles. The van der Waals surface area contributed by atoms with E-state index in [1.807, 2.05) is 13.0 Å². The van der Waals surface area contributed by atoms with Crippen molar-refractivity contribution in [2.24, 2.45) is 0 Å². The van der Waals surface area contributed by atoms with E-state index in [-0.39, 0.29) is 12.1 Å². The first-order valence-electron chi connectivity index (χ1n) is 5.61. The lowest BCUT2D eigenvalue weighted by atomic mass is 10.1. The predicted molar refractivity (Wildman–Crippen MR) is 69.8 cm³/mol. The molecular weight excluding hydrogens is 275 g/mol. The molecule has 2 aromatic carbocycles. The van der Waals surface area contributed by atoms with Crippen molar-refractivity contribution in [3.63, 3.8) is 0 Å². The minimum Gasteiger partial charge on any atom is -0.380 e. The van der Waals surface area contributed by atoms with Gasteiger partial charge in [0, 0.05) is 18.2 Å². The quantitative estimate of drug-likeness (QED) is 0.808. The van der Waals surface area contributed by atoms with Crippen molar-refractivity contribution in [2.45, 2.75) is 13.5 Å². The van der Waals surface area contributed by atoms with E-state index in [0.29, 0.717) is 16.8 Å². The number of nitrogens with one attached hydrogen (secondary N) is 1. The summed E-state index contributed by atoms with van der Waals surface area (Å²) >= 11 is 5.97. The third-order valence-corrected chi connectivity index (χ3v) is 3.01. The molecule has 0 aromatic heterocycles. The van der Waals surface area contributed by atoms with E-state index < -0.39 is 17.5 Å². The van der Waals surface area contributed by atoms with Gasteiger partial charge in [0.2, 0.25) is 0 Å². The number of hydrogen-bond acceptors (Lipinski definition) is 1. The fraction of sp³-hybridized carbons (Fsp3) is 0.143. The van der Waals surface area contributed by atoms with Crippen LogP contribution in [0.4, 0.5) is 18.9 Å². The number of anilines is 1. The van der Waals surface area contributed by atoms with Crippen LogP contribution in [0.2, 0.25) is 5.02 Å². The molecule has 0 saturated carbocycles. The van der Waals surface area contributed by atoms with Gasteiger partial charge in [0.15, 0.2) is 11.6 Å². The maximum Gasteiger partial charge on any atom is 0.161 e. The lowest BCUT2D eigenvalue weighted by Crippen LogP contribution is -2.04. The van der Waals surface area contributed by atoms with Gasteiger partial charge >= 0.3 is 0 Å². The van der Waals surface area contributed by atoms with Gasteiger partial charge in [0.25, 0.3) is 0 Å². The average molecular weight is 286 g/mol. The molecule has 1 nitrogen and oxygen atoms in total. The first-order valence-corrected chi connectivity index (χ1v) is 5.98.